The van der Waals surface area contributed by atoms with Gasteiger partial charge in [0.15, 0.2) is 0 Å². The number of fused-ring (bicyclic) bond motifs is 9. The van der Waals surface area contributed by atoms with Crippen LogP contribution in [-0.2, 0) is 6.42 Å². The Morgan fingerprint density at radius 3 is 1.29 bits per heavy atom. The fourth-order valence-electron chi connectivity index (χ4n) is 9.98. The Labute approximate surface area is 290 Å². The van der Waals surface area contributed by atoms with Crippen molar-refractivity contribution >= 4 is 32.3 Å². The van der Waals surface area contributed by atoms with E-state index in [1.807, 2.05) is 0 Å². The second-order valence-electron chi connectivity index (χ2n) is 15.3. The molecule has 0 aromatic heterocycles. The van der Waals surface area contributed by atoms with E-state index in [0.29, 0.717) is 11.8 Å². The lowest BCUT2D eigenvalue weighted by molar-refractivity contribution is 0.443. The van der Waals surface area contributed by atoms with Crippen LogP contribution in [0.1, 0.15) is 98.3 Å². The van der Waals surface area contributed by atoms with Gasteiger partial charge in [0.1, 0.15) is 0 Å². The van der Waals surface area contributed by atoms with Gasteiger partial charge in [0, 0.05) is 0 Å². The molecule has 0 saturated heterocycles. The van der Waals surface area contributed by atoms with E-state index in [4.69, 9.17) is 0 Å². The van der Waals surface area contributed by atoms with Gasteiger partial charge in [0.25, 0.3) is 0 Å². The molecule has 0 radical (unpaired) electrons. The van der Waals surface area contributed by atoms with Gasteiger partial charge in [-0.15, -0.1) is 0 Å². The summed E-state index contributed by atoms with van der Waals surface area (Å²) < 4.78 is 0. The molecule has 0 amide bonds. The number of hydrogen-bond donors (Lipinski definition) is 0. The van der Waals surface area contributed by atoms with Crippen molar-refractivity contribution in [3.05, 3.63) is 144 Å². The minimum atomic E-state index is 0.655. The average Bonchev–Trinajstić information content (AvgIpc) is 3.57. The van der Waals surface area contributed by atoms with Crippen molar-refractivity contribution in [2.75, 3.05) is 0 Å². The molecule has 240 valence electrons. The Morgan fingerprint density at radius 2 is 0.755 bits per heavy atom. The van der Waals surface area contributed by atoms with Crippen molar-refractivity contribution in [2.24, 2.45) is 0 Å². The van der Waals surface area contributed by atoms with Gasteiger partial charge in [-0.3, -0.25) is 0 Å². The molecule has 0 nitrogen and oxygen atoms in total. The minimum absolute atomic E-state index is 0.655. The highest BCUT2D eigenvalue weighted by Crippen LogP contribution is 2.50. The number of rotatable bonds is 4. The van der Waals surface area contributed by atoms with Crippen LogP contribution in [0.2, 0.25) is 0 Å². The van der Waals surface area contributed by atoms with Crippen molar-refractivity contribution in [1.82, 2.24) is 0 Å². The predicted octanol–water partition coefficient (Wildman–Crippen LogP) is 14.1. The standard InChI is InChI=1S/C49H44/c1-4-14-32(15-5-1)36-27-43(34-18-8-3-9-19-34)48-31-49-44(28-37(30-47(49)46(48)29-36)33-16-6-2-7-17-33)35-24-25-42-40-22-11-10-20-38(40)39-21-12-13-23-41(39)45(42)26-35/h3,8-13,18-30,32-33H,1-2,4-7,14-17,31H2. The summed E-state index contributed by atoms with van der Waals surface area (Å²) in [5.41, 5.74) is 14.8. The lowest BCUT2D eigenvalue weighted by atomic mass is 9.80. The van der Waals surface area contributed by atoms with Crippen LogP contribution in [0, 0.1) is 0 Å². The summed E-state index contributed by atoms with van der Waals surface area (Å²) in [7, 11) is 0. The molecule has 10 rings (SSSR count). The SMILES string of the molecule is c1ccc(-c2cc(C3CCCCC3)cc3c2Cc2c(-c4ccc5c6ccccc6c6ccccc6c5c4)cc(C4CCCCC4)cc2-3)cc1. The lowest BCUT2D eigenvalue weighted by Crippen LogP contribution is -2.06. The molecular weight excluding hydrogens is 589 g/mol. The quantitative estimate of drug-likeness (QED) is 0.169. The van der Waals surface area contributed by atoms with E-state index < -0.39 is 0 Å². The molecule has 0 spiro atoms. The summed E-state index contributed by atoms with van der Waals surface area (Å²) in [6.07, 6.45) is 14.5. The van der Waals surface area contributed by atoms with E-state index in [1.54, 1.807) is 11.1 Å². The minimum Gasteiger partial charge on any atom is -0.0622 e. The molecule has 0 atom stereocenters. The van der Waals surface area contributed by atoms with Crippen molar-refractivity contribution in [3.63, 3.8) is 0 Å². The molecule has 0 N–H and O–H groups in total. The van der Waals surface area contributed by atoms with Crippen LogP contribution < -0.4 is 0 Å². The van der Waals surface area contributed by atoms with Crippen LogP contribution in [0.3, 0.4) is 0 Å². The van der Waals surface area contributed by atoms with E-state index in [9.17, 15) is 0 Å². The van der Waals surface area contributed by atoms with E-state index >= 15 is 0 Å². The second-order valence-corrected chi connectivity index (χ2v) is 15.3. The van der Waals surface area contributed by atoms with Crippen LogP contribution in [0.5, 0.6) is 0 Å². The maximum Gasteiger partial charge on any atom is -0.000111 e. The van der Waals surface area contributed by atoms with Crippen LogP contribution in [0.25, 0.3) is 65.7 Å². The molecular formula is C49H44. The first-order valence-electron chi connectivity index (χ1n) is 19.0. The maximum atomic E-state index is 2.64. The Morgan fingerprint density at radius 1 is 0.327 bits per heavy atom. The molecule has 0 heteroatoms. The van der Waals surface area contributed by atoms with Gasteiger partial charge >= 0.3 is 0 Å². The topological polar surface area (TPSA) is 0 Å². The van der Waals surface area contributed by atoms with Crippen molar-refractivity contribution in [3.8, 4) is 33.4 Å². The van der Waals surface area contributed by atoms with Crippen LogP contribution in [0.15, 0.2) is 121 Å². The number of hydrogen-bond acceptors (Lipinski definition) is 0. The highest BCUT2D eigenvalue weighted by molar-refractivity contribution is 6.25. The summed E-state index contributed by atoms with van der Waals surface area (Å²) >= 11 is 0. The molecule has 0 heterocycles. The molecule has 49 heavy (non-hydrogen) atoms. The third-order valence-electron chi connectivity index (χ3n) is 12.5. The highest BCUT2D eigenvalue weighted by atomic mass is 14.3. The first kappa shape index (κ1) is 29.3. The van der Waals surface area contributed by atoms with E-state index in [2.05, 4.69) is 121 Å². The van der Waals surface area contributed by atoms with Crippen molar-refractivity contribution in [2.45, 2.75) is 82.5 Å². The molecule has 0 aliphatic heterocycles. The molecule has 3 aliphatic rings. The van der Waals surface area contributed by atoms with Gasteiger partial charge in [-0.05, 0) is 138 Å². The van der Waals surface area contributed by atoms with Crippen molar-refractivity contribution in [1.29, 1.82) is 0 Å². The first-order valence-corrected chi connectivity index (χ1v) is 19.0. The zero-order valence-electron chi connectivity index (χ0n) is 28.5. The number of benzene rings is 7. The first-order chi connectivity index (χ1) is 24.3. The zero-order chi connectivity index (χ0) is 32.3. The third kappa shape index (κ3) is 4.94. The van der Waals surface area contributed by atoms with Gasteiger partial charge in [-0.2, -0.15) is 0 Å². The molecule has 0 unspecified atom stereocenters. The van der Waals surface area contributed by atoms with Crippen LogP contribution >= 0.6 is 0 Å². The Bertz CT molecular complexity index is 2330. The monoisotopic (exact) mass is 632 g/mol. The summed E-state index contributed by atoms with van der Waals surface area (Å²) in [5.74, 6) is 1.33. The maximum absolute atomic E-state index is 2.64. The Hall–Kier alpha value is -4.68. The normalized spacial score (nSPS) is 16.7. The van der Waals surface area contributed by atoms with Gasteiger partial charge in [0.2, 0.25) is 0 Å². The fourth-order valence-corrected chi connectivity index (χ4v) is 9.98. The van der Waals surface area contributed by atoms with Gasteiger partial charge in [0.05, 0.1) is 0 Å². The summed E-state index contributed by atoms with van der Waals surface area (Å²) in [6.45, 7) is 0. The average molecular weight is 633 g/mol. The summed E-state index contributed by atoms with van der Waals surface area (Å²) in [5, 5.41) is 8.10. The fraction of sp³-hybridized carbons (Fsp3) is 0.265. The van der Waals surface area contributed by atoms with E-state index in [-0.39, 0.29) is 0 Å². The second kappa shape index (κ2) is 12.0. The van der Waals surface area contributed by atoms with Crippen LogP contribution in [0.4, 0.5) is 0 Å². The molecule has 7 aromatic rings. The Kier molecular flexibility index (Phi) is 7.18. The molecule has 0 bridgehead atoms. The predicted molar refractivity (Wildman–Crippen MR) is 210 cm³/mol. The van der Waals surface area contributed by atoms with E-state index in [1.165, 1.54) is 141 Å². The van der Waals surface area contributed by atoms with Crippen molar-refractivity contribution < 1.29 is 0 Å². The molecule has 3 aliphatic carbocycles. The smallest absolute Gasteiger partial charge is 0.000111 e. The van der Waals surface area contributed by atoms with E-state index in [0.717, 1.165) is 6.42 Å². The van der Waals surface area contributed by atoms with Crippen LogP contribution in [-0.4, -0.2) is 0 Å². The molecule has 2 saturated carbocycles. The Balaban J connectivity index is 1.22. The van der Waals surface area contributed by atoms with Gasteiger partial charge < -0.3 is 0 Å². The van der Waals surface area contributed by atoms with Gasteiger partial charge in [-0.1, -0.05) is 154 Å². The highest BCUT2D eigenvalue weighted by Gasteiger charge is 2.30. The summed E-state index contributed by atoms with van der Waals surface area (Å²) in [6, 6.07) is 47.1. The largest absolute Gasteiger partial charge is 0.0622 e. The zero-order valence-corrected chi connectivity index (χ0v) is 28.5. The third-order valence-corrected chi connectivity index (χ3v) is 12.5. The van der Waals surface area contributed by atoms with Gasteiger partial charge in [-0.25, -0.2) is 0 Å². The molecule has 7 aromatic carbocycles. The summed E-state index contributed by atoms with van der Waals surface area (Å²) in [4.78, 5) is 0. The lowest BCUT2D eigenvalue weighted by Gasteiger charge is -2.25. The molecule has 2 fully saturated rings.